The van der Waals surface area contributed by atoms with E-state index in [1.807, 2.05) is 53.9 Å². The predicted octanol–water partition coefficient (Wildman–Crippen LogP) is 3.59. The first-order chi connectivity index (χ1) is 17.7. The fourth-order valence-corrected chi connectivity index (χ4v) is 5.16. The van der Waals surface area contributed by atoms with Crippen LogP contribution in [0.1, 0.15) is 30.0 Å². The van der Waals surface area contributed by atoms with Gasteiger partial charge in [0, 0.05) is 21.4 Å². The molecule has 37 heavy (non-hydrogen) atoms. The Hall–Kier alpha value is -4.22. The van der Waals surface area contributed by atoms with Gasteiger partial charge >= 0.3 is 5.97 Å². The summed E-state index contributed by atoms with van der Waals surface area (Å²) in [7, 11) is 0. The molecular formula is C26H25N6O3S2+. The summed E-state index contributed by atoms with van der Waals surface area (Å²) in [5, 5.41) is 25.6. The Morgan fingerprint density at radius 2 is 1.65 bits per heavy atom. The number of carboxylic acids is 1. The van der Waals surface area contributed by atoms with E-state index in [1.54, 1.807) is 32.9 Å². The van der Waals surface area contributed by atoms with Gasteiger partial charge in [-0.15, -0.1) is 11.3 Å². The Labute approximate surface area is 221 Å². The van der Waals surface area contributed by atoms with E-state index >= 15 is 0 Å². The van der Waals surface area contributed by atoms with Crippen molar-refractivity contribution in [2.45, 2.75) is 26.2 Å². The van der Waals surface area contributed by atoms with E-state index in [9.17, 15) is 14.7 Å². The van der Waals surface area contributed by atoms with Crippen LogP contribution in [0.25, 0.3) is 11.3 Å². The lowest BCUT2D eigenvalue weighted by Gasteiger charge is -2.17. The summed E-state index contributed by atoms with van der Waals surface area (Å²) in [5.41, 5.74) is 4.62. The lowest BCUT2D eigenvalue weighted by Crippen LogP contribution is -2.49. The Kier molecular flexibility index (Phi) is 7.55. The van der Waals surface area contributed by atoms with Crippen LogP contribution in [0.4, 0.5) is 10.3 Å². The zero-order chi connectivity index (χ0) is 26.6. The monoisotopic (exact) mass is 533 g/mol. The van der Waals surface area contributed by atoms with Gasteiger partial charge in [-0.3, -0.25) is 25.7 Å². The summed E-state index contributed by atoms with van der Waals surface area (Å²) in [6.45, 7) is 4.96. The van der Waals surface area contributed by atoms with Gasteiger partial charge in [0.05, 0.1) is 16.8 Å². The summed E-state index contributed by atoms with van der Waals surface area (Å²) in [6, 6.07) is 18.6. The Morgan fingerprint density at radius 1 is 1.00 bits per heavy atom. The van der Waals surface area contributed by atoms with Crippen LogP contribution in [0.5, 0.6) is 0 Å². The van der Waals surface area contributed by atoms with Gasteiger partial charge in [-0.2, -0.15) is 5.10 Å². The zero-order valence-electron chi connectivity index (χ0n) is 20.4. The summed E-state index contributed by atoms with van der Waals surface area (Å²) in [4.78, 5) is 34.5. The van der Waals surface area contributed by atoms with Crippen molar-refractivity contribution in [3.63, 3.8) is 0 Å². The van der Waals surface area contributed by atoms with Crippen LogP contribution in [0.15, 0.2) is 71.1 Å². The number of aliphatic carboxylic acids is 1. The van der Waals surface area contributed by atoms with Gasteiger partial charge in [-0.05, 0) is 32.9 Å². The fourth-order valence-electron chi connectivity index (χ4n) is 3.44. The number of aromatic nitrogens is 2. The van der Waals surface area contributed by atoms with Crippen LogP contribution in [0.2, 0.25) is 0 Å². The molecule has 0 aliphatic heterocycles. The van der Waals surface area contributed by atoms with Crippen molar-refractivity contribution in [1.82, 2.24) is 9.97 Å². The number of benzene rings is 2. The maximum absolute atomic E-state index is 13.3. The molecule has 0 bridgehead atoms. The van der Waals surface area contributed by atoms with Gasteiger partial charge in [0.25, 0.3) is 5.91 Å². The van der Waals surface area contributed by atoms with Crippen molar-refractivity contribution in [1.29, 1.82) is 0 Å². The molecule has 0 radical (unpaired) electrons. The molecule has 0 atom stereocenters. The minimum absolute atomic E-state index is 0.0606. The third-order valence-electron chi connectivity index (χ3n) is 5.51. The number of carbonyl (C=O) groups excluding carboxylic acids is 1. The molecule has 188 valence electrons. The number of nitrogens with one attached hydrogen (secondary N) is 2. The van der Waals surface area contributed by atoms with Crippen molar-refractivity contribution in [2.75, 3.05) is 10.7 Å². The molecule has 0 spiro atoms. The van der Waals surface area contributed by atoms with Crippen molar-refractivity contribution < 1.29 is 20.1 Å². The number of hydrogen-bond donors (Lipinski definition) is 4. The zero-order valence-corrected chi connectivity index (χ0v) is 22.0. The Balaban J connectivity index is 1.61. The number of nitrogens with zero attached hydrogens (tertiary/aromatic N) is 3. The quantitative estimate of drug-likeness (QED) is 0.191. The van der Waals surface area contributed by atoms with E-state index in [-0.39, 0.29) is 11.4 Å². The number of hydrazone groups is 1. The van der Waals surface area contributed by atoms with Gasteiger partial charge in [0.15, 0.2) is 5.13 Å². The molecule has 4 rings (SSSR count). The maximum atomic E-state index is 13.3. The van der Waals surface area contributed by atoms with Crippen molar-refractivity contribution in [3.8, 4) is 11.3 Å². The van der Waals surface area contributed by atoms with Crippen molar-refractivity contribution >= 4 is 56.2 Å². The summed E-state index contributed by atoms with van der Waals surface area (Å²) in [6.07, 6.45) is 0. The summed E-state index contributed by atoms with van der Waals surface area (Å²) < 4.78 is 0. The second-order valence-electron chi connectivity index (χ2n) is 8.57. The third-order valence-corrected chi connectivity index (χ3v) is 7.65. The highest BCUT2D eigenvalue weighted by atomic mass is 32.1. The molecule has 0 aliphatic rings. The molecule has 0 unspecified atom stereocenters. The van der Waals surface area contributed by atoms with Gasteiger partial charge in [0.2, 0.25) is 16.6 Å². The molecule has 5 N–H and O–H groups in total. The standard InChI is InChI=1S/C26H24N6O3S2/c1-15-21(26(2,3)23(34)35)37-25(28-15)32-31-20(19(27)17-12-8-5-9-13-17)22(33)30-24-29-18(14-36-24)16-10-6-4-7-11-16/h4-14,27H,1-3H3,(H,28,32)(H,34,35)(H,29,30,33)/p+1/b27-19?,31-20-. The number of carbonyl (C=O) groups is 2. The van der Waals surface area contributed by atoms with Crippen LogP contribution in [-0.2, 0) is 15.0 Å². The number of amides is 1. The van der Waals surface area contributed by atoms with Crippen LogP contribution in [0.3, 0.4) is 0 Å². The molecular weight excluding hydrogens is 508 g/mol. The first-order valence-electron chi connectivity index (χ1n) is 11.2. The molecule has 4 aromatic rings. The first-order valence-corrected chi connectivity index (χ1v) is 12.9. The molecule has 0 fully saturated rings. The lowest BCUT2D eigenvalue weighted by atomic mass is 9.91. The van der Waals surface area contributed by atoms with Gasteiger partial charge in [0.1, 0.15) is 0 Å². The highest BCUT2D eigenvalue weighted by molar-refractivity contribution is 7.16. The van der Waals surface area contributed by atoms with Gasteiger partial charge < -0.3 is 5.11 Å². The average Bonchev–Trinajstić information content (AvgIpc) is 3.51. The average molecular weight is 534 g/mol. The highest BCUT2D eigenvalue weighted by Gasteiger charge is 2.34. The van der Waals surface area contributed by atoms with E-state index in [0.717, 1.165) is 22.6 Å². The smallest absolute Gasteiger partial charge is 0.314 e. The van der Waals surface area contributed by atoms with Crippen LogP contribution in [0, 0.1) is 6.92 Å². The number of thiazole rings is 2. The first kappa shape index (κ1) is 25.9. The van der Waals surface area contributed by atoms with Crippen LogP contribution in [-0.4, -0.2) is 38.4 Å². The lowest BCUT2D eigenvalue weighted by molar-refractivity contribution is -0.142. The molecule has 9 nitrogen and oxygen atoms in total. The molecule has 11 heteroatoms. The number of hydrogen-bond acceptors (Lipinski definition) is 8. The topological polar surface area (TPSA) is 142 Å². The van der Waals surface area contributed by atoms with Crippen molar-refractivity contribution in [3.05, 3.63) is 82.2 Å². The summed E-state index contributed by atoms with van der Waals surface area (Å²) >= 11 is 2.45. The number of nitrogens with two attached hydrogens (primary N) is 1. The number of anilines is 2. The fraction of sp³-hybridized carbons (Fsp3) is 0.154. The summed E-state index contributed by atoms with van der Waals surface area (Å²) in [5.74, 6) is -1.52. The SMILES string of the molecule is Cc1nc(N/N=C(/C(=[NH2+])c2ccccc2)C(=O)Nc2nc(-c3ccccc3)cs2)sc1C(C)(C)C(=O)O. The molecule has 1 amide bonds. The molecule has 2 heterocycles. The second kappa shape index (κ2) is 10.8. The minimum atomic E-state index is -1.12. The van der Waals surface area contributed by atoms with E-state index in [1.165, 1.54) is 11.3 Å². The van der Waals surface area contributed by atoms with E-state index < -0.39 is 17.3 Å². The van der Waals surface area contributed by atoms with E-state index in [2.05, 4.69) is 25.8 Å². The van der Waals surface area contributed by atoms with Gasteiger partial charge in [-0.1, -0.05) is 59.9 Å². The Morgan fingerprint density at radius 3 is 2.30 bits per heavy atom. The minimum Gasteiger partial charge on any atom is -0.481 e. The maximum Gasteiger partial charge on any atom is 0.314 e. The van der Waals surface area contributed by atoms with Crippen molar-refractivity contribution in [2.24, 2.45) is 5.10 Å². The van der Waals surface area contributed by atoms with E-state index in [0.29, 0.717) is 26.4 Å². The normalized spacial score (nSPS) is 11.7. The number of rotatable bonds is 9. The molecule has 2 aromatic heterocycles. The Bertz CT molecular complexity index is 1480. The van der Waals surface area contributed by atoms with Crippen LogP contribution < -0.4 is 16.2 Å². The number of carboxylic acid groups (broad SMARTS) is 1. The highest BCUT2D eigenvalue weighted by Crippen LogP contribution is 2.34. The largest absolute Gasteiger partial charge is 0.481 e. The molecule has 2 aromatic carbocycles. The predicted molar refractivity (Wildman–Crippen MR) is 147 cm³/mol. The second-order valence-corrected chi connectivity index (χ2v) is 10.4. The number of aryl methyl sites for hydroxylation is 1. The van der Waals surface area contributed by atoms with Crippen LogP contribution >= 0.6 is 22.7 Å². The third kappa shape index (κ3) is 5.79. The van der Waals surface area contributed by atoms with E-state index in [4.69, 9.17) is 5.41 Å². The van der Waals surface area contributed by atoms with Gasteiger partial charge in [-0.25, -0.2) is 9.97 Å². The molecule has 0 saturated carbocycles. The molecule has 0 aliphatic carbocycles. The molecule has 0 saturated heterocycles.